The van der Waals surface area contributed by atoms with E-state index in [9.17, 15) is 0 Å². The van der Waals surface area contributed by atoms with Crippen molar-refractivity contribution in [2.75, 3.05) is 4.90 Å². The molecule has 0 atom stereocenters. The summed E-state index contributed by atoms with van der Waals surface area (Å²) in [5.74, 6) is 2.91. The van der Waals surface area contributed by atoms with Crippen molar-refractivity contribution < 1.29 is 9.47 Å². The number of nitrogens with zero attached hydrogens (tertiary/aromatic N) is 1. The van der Waals surface area contributed by atoms with E-state index >= 15 is 0 Å². The van der Waals surface area contributed by atoms with Gasteiger partial charge in [-0.3, -0.25) is 0 Å². The van der Waals surface area contributed by atoms with Gasteiger partial charge in [-0.15, -0.1) is 0 Å². The van der Waals surface area contributed by atoms with Gasteiger partial charge in [-0.25, -0.2) is 0 Å². The van der Waals surface area contributed by atoms with E-state index < -0.39 is 8.07 Å². The minimum Gasteiger partial charge on any atom is -0.449 e. The van der Waals surface area contributed by atoms with Crippen molar-refractivity contribution in [3.63, 3.8) is 0 Å². The highest BCUT2D eigenvalue weighted by Crippen LogP contribution is 2.53. The Hall–Kier alpha value is -5.92. The van der Waals surface area contributed by atoms with Crippen molar-refractivity contribution in [2.24, 2.45) is 0 Å². The molecule has 0 unspecified atom stereocenters. The normalized spacial score (nSPS) is 14.8. The van der Waals surface area contributed by atoms with Crippen molar-refractivity contribution in [3.05, 3.63) is 187 Å². The number of hydrogen-bond acceptors (Lipinski definition) is 5. The summed E-state index contributed by atoms with van der Waals surface area (Å²) in [4.78, 5) is 7.83. The van der Waals surface area contributed by atoms with Crippen LogP contribution < -0.4 is 24.7 Å². The molecular formula is C53H41NO2S2Si. The molecule has 11 rings (SSSR count). The number of hydrogen-bond donors (Lipinski definition) is 0. The van der Waals surface area contributed by atoms with Gasteiger partial charge in [0.05, 0.1) is 5.69 Å². The number of ether oxygens (including phenoxy) is 2. The highest BCUT2D eigenvalue weighted by molar-refractivity contribution is 8.00. The zero-order valence-corrected chi connectivity index (χ0v) is 36.0. The molecule has 0 saturated heterocycles. The molecule has 0 amide bonds. The Labute approximate surface area is 355 Å². The maximum Gasteiger partial charge on any atom is 0.177 e. The third kappa shape index (κ3) is 5.88. The number of fused-ring (bicyclic) bond motifs is 6. The van der Waals surface area contributed by atoms with E-state index in [4.69, 9.17) is 9.47 Å². The van der Waals surface area contributed by atoms with E-state index in [-0.39, 0.29) is 5.41 Å². The number of para-hydroxylation sites is 3. The minimum absolute atomic E-state index is 0.0848. The van der Waals surface area contributed by atoms with Gasteiger partial charge in [0.2, 0.25) is 0 Å². The molecule has 59 heavy (non-hydrogen) atoms. The van der Waals surface area contributed by atoms with Crippen LogP contribution in [0.4, 0.5) is 17.1 Å². The quantitative estimate of drug-likeness (QED) is 0.161. The topological polar surface area (TPSA) is 21.7 Å². The van der Waals surface area contributed by atoms with Gasteiger partial charge in [0, 0.05) is 41.9 Å². The van der Waals surface area contributed by atoms with Crippen LogP contribution >= 0.6 is 23.5 Å². The third-order valence-electron chi connectivity index (χ3n) is 12.3. The van der Waals surface area contributed by atoms with Crippen LogP contribution in [0.5, 0.6) is 23.0 Å². The zero-order chi connectivity index (χ0) is 39.9. The van der Waals surface area contributed by atoms with Crippen molar-refractivity contribution in [1.82, 2.24) is 0 Å². The van der Waals surface area contributed by atoms with Gasteiger partial charge in [-0.2, -0.15) is 0 Å². The summed E-state index contributed by atoms with van der Waals surface area (Å²) in [7, 11) is -1.98. The van der Waals surface area contributed by atoms with E-state index in [1.807, 2.05) is 59.9 Å². The predicted molar refractivity (Wildman–Crippen MR) is 249 cm³/mol. The second-order valence-electron chi connectivity index (χ2n) is 16.5. The zero-order valence-electron chi connectivity index (χ0n) is 33.3. The first-order valence-electron chi connectivity index (χ1n) is 20.2. The molecule has 3 nitrogen and oxygen atoms in total. The summed E-state index contributed by atoms with van der Waals surface area (Å²) >= 11 is 3.81. The van der Waals surface area contributed by atoms with Crippen LogP contribution in [0.3, 0.4) is 0 Å². The Kier molecular flexibility index (Phi) is 8.49. The lowest BCUT2D eigenvalue weighted by Gasteiger charge is -2.36. The first-order chi connectivity index (χ1) is 28.8. The summed E-state index contributed by atoms with van der Waals surface area (Å²) in [5.41, 5.74) is 10.6. The van der Waals surface area contributed by atoms with Crippen molar-refractivity contribution in [3.8, 4) is 45.3 Å². The first-order valence-corrected chi connectivity index (χ1v) is 24.8. The molecule has 0 radical (unpaired) electrons. The summed E-state index contributed by atoms with van der Waals surface area (Å²) < 4.78 is 12.7. The number of anilines is 3. The monoisotopic (exact) mass is 815 g/mol. The predicted octanol–water partition coefficient (Wildman–Crippen LogP) is 14.5. The van der Waals surface area contributed by atoms with Crippen LogP contribution in [0, 0.1) is 0 Å². The van der Waals surface area contributed by atoms with Gasteiger partial charge in [-0.05, 0) is 98.9 Å². The summed E-state index contributed by atoms with van der Waals surface area (Å²) in [6.07, 6.45) is 0. The second-order valence-corrected chi connectivity index (χ2v) is 22.9. The fourth-order valence-electron chi connectivity index (χ4n) is 9.10. The highest BCUT2D eigenvalue weighted by Gasteiger charge is 2.38. The molecule has 0 saturated carbocycles. The van der Waals surface area contributed by atoms with Crippen molar-refractivity contribution in [2.45, 2.75) is 51.9 Å². The molecule has 3 aliphatic rings. The Bertz CT molecular complexity index is 2960. The molecule has 286 valence electrons. The number of benzene rings is 8. The molecule has 0 aromatic heterocycles. The molecule has 0 aliphatic carbocycles. The van der Waals surface area contributed by atoms with Crippen LogP contribution in [-0.2, 0) is 5.41 Å². The average molecular weight is 816 g/mol. The van der Waals surface area contributed by atoms with Gasteiger partial charge in [0.25, 0.3) is 0 Å². The smallest absolute Gasteiger partial charge is 0.177 e. The lowest BCUT2D eigenvalue weighted by molar-refractivity contribution is 0.361. The largest absolute Gasteiger partial charge is 0.449 e. The Morgan fingerprint density at radius 2 is 1.00 bits per heavy atom. The van der Waals surface area contributed by atoms with E-state index in [1.165, 1.54) is 57.9 Å². The maximum atomic E-state index is 6.46. The van der Waals surface area contributed by atoms with Crippen LogP contribution in [0.2, 0.25) is 13.1 Å². The molecule has 3 aliphatic heterocycles. The van der Waals surface area contributed by atoms with E-state index in [0.29, 0.717) is 0 Å². The lowest BCUT2D eigenvalue weighted by Crippen LogP contribution is -2.56. The molecule has 0 bridgehead atoms. The molecule has 8 aromatic carbocycles. The molecule has 6 heteroatoms. The Balaban J connectivity index is 1.02. The molecule has 8 aromatic rings. The standard InChI is InChI=1S/C53H41NO2S2Si/c1-53(2)40-16-5-8-22-46(40)57-51-39(15-11-17-41(51)53)35-28-32-37(33-29-35)54(42-18-13-25-49-52(42)58-47-23-9-10-24-48(47)59(49,3)4)36-30-26-34(27-31-36)38-14-12-21-45-50(38)56-44-20-7-6-19-43(44)55-45/h5-33H,1-4H3. The van der Waals surface area contributed by atoms with Gasteiger partial charge < -0.3 is 14.4 Å². The van der Waals surface area contributed by atoms with Crippen molar-refractivity contribution >= 4 is 59.0 Å². The highest BCUT2D eigenvalue weighted by atomic mass is 32.2. The van der Waals surface area contributed by atoms with Gasteiger partial charge >= 0.3 is 0 Å². The van der Waals surface area contributed by atoms with Crippen molar-refractivity contribution in [1.29, 1.82) is 0 Å². The second kappa shape index (κ2) is 13.8. The van der Waals surface area contributed by atoms with Crippen LogP contribution in [-0.4, -0.2) is 8.07 Å². The van der Waals surface area contributed by atoms with Gasteiger partial charge in [0.15, 0.2) is 23.0 Å². The minimum atomic E-state index is -1.98. The molecule has 0 fully saturated rings. The van der Waals surface area contributed by atoms with Crippen LogP contribution in [0.15, 0.2) is 196 Å². The summed E-state index contributed by atoms with van der Waals surface area (Å²) in [6.45, 7) is 9.69. The number of rotatable bonds is 5. The van der Waals surface area contributed by atoms with Crippen LogP contribution in [0.1, 0.15) is 25.0 Å². The fourth-order valence-corrected chi connectivity index (χ4v) is 16.2. The summed E-state index contributed by atoms with van der Waals surface area (Å²) in [6, 6.07) is 63.7. The van der Waals surface area contributed by atoms with E-state index in [1.54, 1.807) is 0 Å². The first kappa shape index (κ1) is 36.2. The van der Waals surface area contributed by atoms with E-state index in [0.717, 1.165) is 45.5 Å². The fraction of sp³-hybridized carbons (Fsp3) is 0.0943. The lowest BCUT2D eigenvalue weighted by atomic mass is 9.77. The van der Waals surface area contributed by atoms with Gasteiger partial charge in [-0.1, -0.05) is 166 Å². The molecule has 3 heterocycles. The maximum absolute atomic E-state index is 6.46. The molecule has 0 spiro atoms. The van der Waals surface area contributed by atoms with E-state index in [2.05, 4.69) is 171 Å². The third-order valence-corrected chi connectivity index (χ3v) is 18.6. The average Bonchev–Trinajstić information content (AvgIpc) is 3.26. The summed E-state index contributed by atoms with van der Waals surface area (Å²) in [5, 5.41) is 2.98. The Morgan fingerprint density at radius 3 is 1.76 bits per heavy atom. The van der Waals surface area contributed by atoms with Gasteiger partial charge in [0.1, 0.15) is 8.07 Å². The molecule has 0 N–H and O–H groups in total. The Morgan fingerprint density at radius 1 is 0.458 bits per heavy atom. The van der Waals surface area contributed by atoms with Crippen LogP contribution in [0.25, 0.3) is 22.3 Å². The SMILES string of the molecule is CC1(C)c2ccccc2Sc2c(-c3ccc(N(c4ccc(-c5cccc6c5Oc5ccccc5O6)cc4)c4cccc5c4Sc4ccccc4[Si]5(C)C)cc3)cccc21. The molecular weight excluding hydrogens is 775 g/mol.